The lowest BCUT2D eigenvalue weighted by atomic mass is 10.1. The van der Waals surface area contributed by atoms with Crippen molar-refractivity contribution in [3.05, 3.63) is 16.5 Å². The van der Waals surface area contributed by atoms with Crippen LogP contribution in [0.4, 0.5) is 0 Å². The highest BCUT2D eigenvalue weighted by Gasteiger charge is 2.20. The van der Waals surface area contributed by atoms with Crippen LogP contribution in [0.5, 0.6) is 0 Å². The van der Waals surface area contributed by atoms with E-state index in [0.29, 0.717) is 12.0 Å². The molecule has 96 valence electrons. The maximum atomic E-state index is 11.1. The molecule has 0 saturated heterocycles. The molecule has 0 aliphatic carbocycles. The summed E-state index contributed by atoms with van der Waals surface area (Å²) in [5, 5.41) is 14.0. The Labute approximate surface area is 104 Å². The number of carboxylic acids is 1. The van der Waals surface area contributed by atoms with Gasteiger partial charge < -0.3 is 5.11 Å². The Kier molecular flexibility index (Phi) is 4.67. The van der Waals surface area contributed by atoms with Crippen LogP contribution in [0.15, 0.2) is 10.3 Å². The summed E-state index contributed by atoms with van der Waals surface area (Å²) in [6, 6.07) is 1.37. The van der Waals surface area contributed by atoms with E-state index in [1.54, 1.807) is 0 Å². The molecule has 1 aromatic heterocycles. The molecule has 7 heteroatoms. The minimum atomic E-state index is -3.81. The molecule has 5 nitrogen and oxygen atoms in total. The van der Waals surface area contributed by atoms with E-state index in [1.807, 2.05) is 6.92 Å². The van der Waals surface area contributed by atoms with Crippen molar-refractivity contribution in [1.82, 2.24) is 0 Å². The van der Waals surface area contributed by atoms with Crippen molar-refractivity contribution in [1.29, 1.82) is 0 Å². The van der Waals surface area contributed by atoms with Gasteiger partial charge in [-0.15, -0.1) is 11.3 Å². The number of rotatable bonds is 6. The van der Waals surface area contributed by atoms with E-state index < -0.39 is 16.0 Å². The fourth-order valence-electron chi connectivity index (χ4n) is 1.48. The summed E-state index contributed by atoms with van der Waals surface area (Å²) in [6.07, 6.45) is 3.42. The number of carbonyl (C=O) groups is 1. The molecule has 1 heterocycles. The third-order valence-corrected chi connectivity index (χ3v) is 4.90. The van der Waals surface area contributed by atoms with E-state index in [2.05, 4.69) is 0 Å². The molecule has 0 saturated carbocycles. The van der Waals surface area contributed by atoms with Crippen LogP contribution in [-0.2, 0) is 16.4 Å². The Morgan fingerprint density at radius 2 is 2.12 bits per heavy atom. The van der Waals surface area contributed by atoms with Crippen LogP contribution >= 0.6 is 11.3 Å². The predicted molar refractivity (Wildman–Crippen MR) is 65.9 cm³/mol. The summed E-state index contributed by atoms with van der Waals surface area (Å²) in [5.41, 5.74) is 0.556. The number of hydrogen-bond acceptors (Lipinski definition) is 4. The third-order valence-electron chi connectivity index (χ3n) is 2.31. The highest BCUT2D eigenvalue weighted by atomic mass is 32.2. The predicted octanol–water partition coefficient (Wildman–Crippen LogP) is 1.83. The van der Waals surface area contributed by atoms with Crippen molar-refractivity contribution in [2.45, 2.75) is 36.8 Å². The Morgan fingerprint density at radius 1 is 1.47 bits per heavy atom. The molecule has 0 unspecified atom stereocenters. The van der Waals surface area contributed by atoms with Gasteiger partial charge in [-0.3, -0.25) is 0 Å². The summed E-state index contributed by atoms with van der Waals surface area (Å²) in [4.78, 5) is 11.0. The van der Waals surface area contributed by atoms with Gasteiger partial charge in [-0.25, -0.2) is 18.4 Å². The molecule has 17 heavy (non-hydrogen) atoms. The van der Waals surface area contributed by atoms with Gasteiger partial charge in [0.15, 0.2) is 0 Å². The number of aryl methyl sites for hydroxylation is 1. The van der Waals surface area contributed by atoms with Gasteiger partial charge in [-0.05, 0) is 24.5 Å². The summed E-state index contributed by atoms with van der Waals surface area (Å²) < 4.78 is 22.2. The summed E-state index contributed by atoms with van der Waals surface area (Å²) in [5.74, 6) is -1.10. The zero-order valence-electron chi connectivity index (χ0n) is 9.47. The SMILES string of the molecule is CCCCCc1cc(S(N)(=O)=O)sc1C(=O)O. The zero-order valence-corrected chi connectivity index (χ0v) is 11.1. The van der Waals surface area contributed by atoms with Crippen molar-refractivity contribution < 1.29 is 18.3 Å². The molecule has 1 rings (SSSR count). The highest BCUT2D eigenvalue weighted by Crippen LogP contribution is 2.27. The average molecular weight is 277 g/mol. The van der Waals surface area contributed by atoms with Crippen molar-refractivity contribution >= 4 is 27.3 Å². The fraction of sp³-hybridized carbons (Fsp3) is 0.500. The van der Waals surface area contributed by atoms with Crippen LogP contribution in [-0.4, -0.2) is 19.5 Å². The van der Waals surface area contributed by atoms with Crippen LogP contribution in [0.25, 0.3) is 0 Å². The molecule has 0 aliphatic rings. The van der Waals surface area contributed by atoms with E-state index in [-0.39, 0.29) is 9.09 Å². The Morgan fingerprint density at radius 3 is 2.59 bits per heavy atom. The second-order valence-corrected chi connectivity index (χ2v) is 6.57. The maximum absolute atomic E-state index is 11.1. The molecule has 1 aromatic rings. The topological polar surface area (TPSA) is 97.5 Å². The van der Waals surface area contributed by atoms with Crippen LogP contribution in [0.1, 0.15) is 41.4 Å². The minimum absolute atomic E-state index is 0.0742. The van der Waals surface area contributed by atoms with Crippen LogP contribution in [0, 0.1) is 0 Å². The molecule has 0 aliphatic heterocycles. The van der Waals surface area contributed by atoms with E-state index in [4.69, 9.17) is 10.2 Å². The van der Waals surface area contributed by atoms with Gasteiger partial charge in [0.05, 0.1) is 0 Å². The summed E-state index contributed by atoms with van der Waals surface area (Å²) in [7, 11) is -3.81. The summed E-state index contributed by atoms with van der Waals surface area (Å²) >= 11 is 0.720. The van der Waals surface area contributed by atoms with Crippen molar-refractivity contribution in [2.24, 2.45) is 5.14 Å². The van der Waals surface area contributed by atoms with Gasteiger partial charge in [0.2, 0.25) is 10.0 Å². The summed E-state index contributed by atoms with van der Waals surface area (Å²) in [6.45, 7) is 2.04. The van der Waals surface area contributed by atoms with E-state index >= 15 is 0 Å². The fourth-order valence-corrected chi connectivity index (χ4v) is 3.28. The molecule has 0 aromatic carbocycles. The molecular formula is C10H15NO4S2. The number of carboxylic acid groups (broad SMARTS) is 1. The van der Waals surface area contributed by atoms with Gasteiger partial charge in [-0.1, -0.05) is 19.8 Å². The van der Waals surface area contributed by atoms with Gasteiger partial charge in [0.25, 0.3) is 0 Å². The second kappa shape index (κ2) is 5.61. The molecule has 0 atom stereocenters. The normalized spacial score (nSPS) is 11.6. The van der Waals surface area contributed by atoms with Crippen LogP contribution < -0.4 is 5.14 Å². The minimum Gasteiger partial charge on any atom is -0.477 e. The Balaban J connectivity index is 3.02. The van der Waals surface area contributed by atoms with E-state index in [0.717, 1.165) is 30.6 Å². The van der Waals surface area contributed by atoms with Gasteiger partial charge in [0.1, 0.15) is 9.09 Å². The van der Waals surface area contributed by atoms with Crippen LogP contribution in [0.2, 0.25) is 0 Å². The number of aromatic carboxylic acids is 1. The van der Waals surface area contributed by atoms with Crippen molar-refractivity contribution in [2.75, 3.05) is 0 Å². The number of hydrogen-bond donors (Lipinski definition) is 2. The van der Waals surface area contributed by atoms with Crippen molar-refractivity contribution in [3.63, 3.8) is 0 Å². The first kappa shape index (κ1) is 14.1. The smallest absolute Gasteiger partial charge is 0.346 e. The lowest BCUT2D eigenvalue weighted by Crippen LogP contribution is -2.10. The van der Waals surface area contributed by atoms with E-state index in [9.17, 15) is 13.2 Å². The standard InChI is InChI=1S/C10H15NO4S2/c1-2-3-4-5-7-6-8(17(11,14)15)16-9(7)10(12)13/h6H,2-5H2,1H3,(H,12,13)(H2,11,14,15). The lowest BCUT2D eigenvalue weighted by Gasteiger charge is -1.98. The van der Waals surface area contributed by atoms with Crippen molar-refractivity contribution in [3.8, 4) is 0 Å². The van der Waals surface area contributed by atoms with Gasteiger partial charge in [-0.2, -0.15) is 0 Å². The molecule has 3 N–H and O–H groups in total. The van der Waals surface area contributed by atoms with E-state index in [1.165, 1.54) is 6.07 Å². The Bertz CT molecular complexity index is 504. The van der Waals surface area contributed by atoms with Gasteiger partial charge in [0, 0.05) is 0 Å². The largest absolute Gasteiger partial charge is 0.477 e. The maximum Gasteiger partial charge on any atom is 0.346 e. The molecule has 0 bridgehead atoms. The van der Waals surface area contributed by atoms with Crippen LogP contribution in [0.3, 0.4) is 0 Å². The first-order valence-electron chi connectivity index (χ1n) is 5.25. The molecule has 0 amide bonds. The highest BCUT2D eigenvalue weighted by molar-refractivity contribution is 7.91. The lowest BCUT2D eigenvalue weighted by molar-refractivity contribution is 0.0701. The number of thiophene rings is 1. The molecule has 0 spiro atoms. The zero-order chi connectivity index (χ0) is 13.1. The second-order valence-electron chi connectivity index (χ2n) is 3.73. The Hall–Kier alpha value is -0.920. The number of unbranched alkanes of at least 4 members (excludes halogenated alkanes) is 2. The third kappa shape index (κ3) is 3.79. The molecular weight excluding hydrogens is 262 g/mol. The first-order chi connectivity index (χ1) is 7.86. The molecule has 0 fully saturated rings. The number of sulfonamides is 1. The average Bonchev–Trinajstić information content (AvgIpc) is 2.61. The van der Waals surface area contributed by atoms with Gasteiger partial charge >= 0.3 is 5.97 Å². The number of nitrogens with two attached hydrogens (primary N) is 1. The first-order valence-corrected chi connectivity index (χ1v) is 7.61. The quantitative estimate of drug-likeness (QED) is 0.775. The monoisotopic (exact) mass is 277 g/mol. The number of primary sulfonamides is 1. The molecule has 0 radical (unpaired) electrons.